The molecule has 0 bridgehead atoms. The molecule has 0 fully saturated rings. The molecule has 0 aliphatic rings. The monoisotopic (exact) mass is 572 g/mol. The van der Waals surface area contributed by atoms with Crippen molar-refractivity contribution in [2.45, 2.75) is 51.2 Å². The summed E-state index contributed by atoms with van der Waals surface area (Å²) in [6, 6.07) is 34.2. The molecule has 4 rings (SSSR count). The fraction of sp³-hybridized carbons (Fsp3) is 0.235. The molecule has 0 heterocycles. The Hall–Kier alpha value is -3.60. The van der Waals surface area contributed by atoms with Gasteiger partial charge in [-0.1, -0.05) is 120 Å². The number of amides is 2. The van der Waals surface area contributed by atoms with Crippen LogP contribution in [0.25, 0.3) is 0 Å². The number of halogens is 2. The van der Waals surface area contributed by atoms with E-state index < -0.39 is 6.04 Å². The van der Waals surface area contributed by atoms with Crippen LogP contribution < -0.4 is 5.32 Å². The second kappa shape index (κ2) is 14.2. The third kappa shape index (κ3) is 7.97. The highest BCUT2D eigenvalue weighted by Crippen LogP contribution is 2.31. The lowest BCUT2D eigenvalue weighted by Gasteiger charge is -2.33. The zero-order valence-electron chi connectivity index (χ0n) is 22.8. The maximum Gasteiger partial charge on any atom is 0.243 e. The normalized spacial score (nSPS) is 11.8. The van der Waals surface area contributed by atoms with Crippen LogP contribution in [0.4, 0.5) is 0 Å². The van der Waals surface area contributed by atoms with Crippen LogP contribution in [0.5, 0.6) is 0 Å². The van der Waals surface area contributed by atoms with Crippen molar-refractivity contribution in [3.05, 3.63) is 141 Å². The van der Waals surface area contributed by atoms with Crippen LogP contribution in [-0.2, 0) is 22.6 Å². The molecule has 6 heteroatoms. The average molecular weight is 574 g/mol. The highest BCUT2D eigenvalue weighted by Gasteiger charge is 2.33. The van der Waals surface area contributed by atoms with E-state index in [-0.39, 0.29) is 36.7 Å². The highest BCUT2D eigenvalue weighted by molar-refractivity contribution is 6.35. The molecular formula is C34H34Cl2N2O2. The largest absolute Gasteiger partial charge is 0.352 e. The van der Waals surface area contributed by atoms with Crippen molar-refractivity contribution in [2.24, 2.45) is 0 Å². The zero-order chi connectivity index (χ0) is 28.5. The van der Waals surface area contributed by atoms with Gasteiger partial charge in [0.25, 0.3) is 0 Å². The van der Waals surface area contributed by atoms with Crippen LogP contribution in [0.15, 0.2) is 109 Å². The molecule has 1 N–H and O–H groups in total. The number of nitrogens with zero attached hydrogens (tertiary/aromatic N) is 1. The molecule has 0 aromatic heterocycles. The van der Waals surface area contributed by atoms with Gasteiger partial charge in [-0.3, -0.25) is 9.59 Å². The summed E-state index contributed by atoms with van der Waals surface area (Å²) in [5.74, 6) is -0.513. The molecule has 0 aliphatic carbocycles. The standard InChI is InChI=1S/C34H34Cl2N2O2/c1-24(2)37-34(40)32(20-25-12-6-3-7-13-25)38(23-28-18-19-29(35)21-31(28)36)33(39)22-30(26-14-8-4-9-15-26)27-16-10-5-11-17-27/h3-19,21,24,30,32H,20,22-23H2,1-2H3,(H,37,40)/t32-/m0/s1. The molecule has 4 aromatic rings. The number of carbonyl (C=O) groups excluding carboxylic acids is 2. The number of rotatable bonds is 11. The van der Waals surface area contributed by atoms with E-state index in [0.717, 1.165) is 22.3 Å². The topological polar surface area (TPSA) is 49.4 Å². The second-order valence-electron chi connectivity index (χ2n) is 10.2. The first kappa shape index (κ1) is 29.4. The number of hydrogen-bond acceptors (Lipinski definition) is 2. The van der Waals surface area contributed by atoms with Crippen molar-refractivity contribution in [3.8, 4) is 0 Å². The Morgan fingerprint density at radius 2 is 1.32 bits per heavy atom. The summed E-state index contributed by atoms with van der Waals surface area (Å²) in [6.07, 6.45) is 0.567. The first-order valence-electron chi connectivity index (χ1n) is 13.5. The van der Waals surface area contributed by atoms with E-state index in [0.29, 0.717) is 16.5 Å². The number of carbonyl (C=O) groups is 2. The van der Waals surface area contributed by atoms with Crippen LogP contribution in [-0.4, -0.2) is 28.8 Å². The molecule has 4 nitrogen and oxygen atoms in total. The minimum atomic E-state index is -0.740. The fourth-order valence-electron chi connectivity index (χ4n) is 4.86. The molecule has 0 aliphatic heterocycles. The van der Waals surface area contributed by atoms with Crippen LogP contribution in [0.1, 0.15) is 48.4 Å². The van der Waals surface area contributed by atoms with Gasteiger partial charge in [-0.2, -0.15) is 0 Å². The minimum Gasteiger partial charge on any atom is -0.352 e. The second-order valence-corrected chi connectivity index (χ2v) is 11.0. The molecule has 0 saturated heterocycles. The van der Waals surface area contributed by atoms with E-state index in [1.807, 2.05) is 111 Å². The lowest BCUT2D eigenvalue weighted by molar-refractivity contribution is -0.141. The van der Waals surface area contributed by atoms with E-state index in [9.17, 15) is 9.59 Å². The summed E-state index contributed by atoms with van der Waals surface area (Å²) in [7, 11) is 0. The number of hydrogen-bond donors (Lipinski definition) is 1. The molecule has 4 aromatic carbocycles. The molecule has 0 radical (unpaired) electrons. The Kier molecular flexibility index (Phi) is 10.4. The van der Waals surface area contributed by atoms with Gasteiger partial charge < -0.3 is 10.2 Å². The van der Waals surface area contributed by atoms with Crippen molar-refractivity contribution in [3.63, 3.8) is 0 Å². The van der Waals surface area contributed by atoms with Gasteiger partial charge >= 0.3 is 0 Å². The van der Waals surface area contributed by atoms with Crippen molar-refractivity contribution in [1.29, 1.82) is 0 Å². The van der Waals surface area contributed by atoms with Gasteiger partial charge in [0.2, 0.25) is 11.8 Å². The lowest BCUT2D eigenvalue weighted by atomic mass is 9.87. The number of benzene rings is 4. The molecule has 0 spiro atoms. The van der Waals surface area contributed by atoms with Crippen LogP contribution >= 0.6 is 23.2 Å². The van der Waals surface area contributed by atoms with Crippen molar-refractivity contribution in [1.82, 2.24) is 10.2 Å². The van der Waals surface area contributed by atoms with Crippen molar-refractivity contribution >= 4 is 35.0 Å². The van der Waals surface area contributed by atoms with Gasteiger partial charge in [-0.15, -0.1) is 0 Å². The third-order valence-electron chi connectivity index (χ3n) is 6.84. The first-order chi connectivity index (χ1) is 19.3. The average Bonchev–Trinajstić information content (AvgIpc) is 2.95. The van der Waals surface area contributed by atoms with E-state index in [2.05, 4.69) is 5.32 Å². The zero-order valence-corrected chi connectivity index (χ0v) is 24.3. The van der Waals surface area contributed by atoms with Gasteiger partial charge in [0.15, 0.2) is 0 Å². The van der Waals surface area contributed by atoms with Gasteiger partial charge in [0, 0.05) is 41.4 Å². The predicted molar refractivity (Wildman–Crippen MR) is 164 cm³/mol. The van der Waals surface area contributed by atoms with Gasteiger partial charge in [0.1, 0.15) is 6.04 Å². The molecule has 1 atom stereocenters. The predicted octanol–water partition coefficient (Wildman–Crippen LogP) is 7.68. The summed E-state index contributed by atoms with van der Waals surface area (Å²) >= 11 is 12.8. The molecule has 206 valence electrons. The molecule has 0 saturated carbocycles. The van der Waals surface area contributed by atoms with Gasteiger partial charge in [-0.25, -0.2) is 0 Å². The summed E-state index contributed by atoms with van der Waals surface area (Å²) in [4.78, 5) is 29.8. The van der Waals surface area contributed by atoms with Gasteiger partial charge in [0.05, 0.1) is 0 Å². The quantitative estimate of drug-likeness (QED) is 0.200. The summed E-state index contributed by atoms with van der Waals surface area (Å²) < 4.78 is 0. The van der Waals surface area contributed by atoms with E-state index in [1.165, 1.54) is 0 Å². The highest BCUT2D eigenvalue weighted by atomic mass is 35.5. The minimum absolute atomic E-state index is 0.0803. The number of nitrogens with one attached hydrogen (secondary N) is 1. The third-order valence-corrected chi connectivity index (χ3v) is 7.43. The Morgan fingerprint density at radius 1 is 0.775 bits per heavy atom. The summed E-state index contributed by atoms with van der Waals surface area (Å²) in [6.45, 7) is 4.01. The molecule has 0 unspecified atom stereocenters. The van der Waals surface area contributed by atoms with Gasteiger partial charge in [-0.05, 0) is 48.2 Å². The Labute approximate surface area is 246 Å². The molecule has 40 heavy (non-hydrogen) atoms. The van der Waals surface area contributed by atoms with Crippen molar-refractivity contribution in [2.75, 3.05) is 0 Å². The maximum absolute atomic E-state index is 14.4. The van der Waals surface area contributed by atoms with E-state index in [4.69, 9.17) is 23.2 Å². The Balaban J connectivity index is 1.76. The summed E-state index contributed by atoms with van der Waals surface area (Å²) in [5, 5.41) is 4.00. The van der Waals surface area contributed by atoms with Crippen LogP contribution in [0, 0.1) is 0 Å². The smallest absolute Gasteiger partial charge is 0.243 e. The molecular weight excluding hydrogens is 539 g/mol. The van der Waals surface area contributed by atoms with Crippen LogP contribution in [0.2, 0.25) is 10.0 Å². The Bertz CT molecular complexity index is 1360. The van der Waals surface area contributed by atoms with E-state index >= 15 is 0 Å². The first-order valence-corrected chi connectivity index (χ1v) is 14.2. The SMILES string of the molecule is CC(C)NC(=O)[C@H](Cc1ccccc1)N(Cc1ccc(Cl)cc1Cl)C(=O)CC(c1ccccc1)c1ccccc1. The van der Waals surface area contributed by atoms with Crippen LogP contribution in [0.3, 0.4) is 0 Å². The fourth-order valence-corrected chi connectivity index (χ4v) is 5.33. The van der Waals surface area contributed by atoms with E-state index in [1.54, 1.807) is 17.0 Å². The summed E-state index contributed by atoms with van der Waals surface area (Å²) in [5.41, 5.74) is 3.77. The molecule has 2 amide bonds. The van der Waals surface area contributed by atoms with Crippen molar-refractivity contribution < 1.29 is 9.59 Å². The Morgan fingerprint density at radius 3 is 1.85 bits per heavy atom. The lowest BCUT2D eigenvalue weighted by Crippen LogP contribution is -2.52. The maximum atomic E-state index is 14.4.